The van der Waals surface area contributed by atoms with Gasteiger partial charge in [-0.1, -0.05) is 93.7 Å². The minimum absolute atomic E-state index is 0.0443. The van der Waals surface area contributed by atoms with Gasteiger partial charge in [-0.05, 0) is 79.5 Å². The summed E-state index contributed by atoms with van der Waals surface area (Å²) in [5.41, 5.74) is 11.2. The lowest BCUT2D eigenvalue weighted by molar-refractivity contribution is -0.312. The van der Waals surface area contributed by atoms with Crippen LogP contribution in [0.2, 0.25) is 0 Å². The Hall–Kier alpha value is -3.83. The van der Waals surface area contributed by atoms with Crippen molar-refractivity contribution in [3.8, 4) is 0 Å². The van der Waals surface area contributed by atoms with E-state index in [1.807, 2.05) is 30.3 Å². The van der Waals surface area contributed by atoms with Crippen molar-refractivity contribution in [2.24, 2.45) is 22.9 Å². The third kappa shape index (κ3) is 10.1. The summed E-state index contributed by atoms with van der Waals surface area (Å²) < 4.78 is 66.5. The van der Waals surface area contributed by atoms with Crippen molar-refractivity contribution in [1.29, 1.82) is 0 Å². The molecule has 354 valence electrons. The average Bonchev–Trinajstić information content (AvgIpc) is 3.86. The zero-order valence-electron chi connectivity index (χ0n) is 37.7. The summed E-state index contributed by atoms with van der Waals surface area (Å²) in [6.07, 6.45) is -0.876. The zero-order chi connectivity index (χ0) is 45.1. The summed E-state index contributed by atoms with van der Waals surface area (Å²) in [5, 5.41) is 16.1. The van der Waals surface area contributed by atoms with E-state index < -0.39 is 97.6 Å². The van der Waals surface area contributed by atoms with Gasteiger partial charge in [-0.3, -0.25) is 0 Å². The first-order chi connectivity index (χ1) is 31.5. The van der Waals surface area contributed by atoms with E-state index >= 15 is 0 Å². The van der Waals surface area contributed by atoms with Gasteiger partial charge in [0.25, 0.3) is 0 Å². The van der Waals surface area contributed by atoms with Crippen LogP contribution in [0.3, 0.4) is 0 Å². The first kappa shape index (κ1) is 46.3. The summed E-state index contributed by atoms with van der Waals surface area (Å²) in [4.78, 5) is 30.8. The highest BCUT2D eigenvalue weighted by Gasteiger charge is 2.68. The number of fused-ring (bicyclic) bond motifs is 3. The number of carbonyl (C=O) groups excluding carboxylic acids is 2. The number of aliphatic hydroxyl groups is 1. The summed E-state index contributed by atoms with van der Waals surface area (Å²) in [6, 6.07) is 16.6. The van der Waals surface area contributed by atoms with Crippen LogP contribution in [-0.2, 0) is 54.0 Å². The minimum Gasteiger partial charge on any atom is -0.459 e. The molecule has 4 saturated carbocycles. The SMILES string of the molecule is CC(C)[C@@H]1CC[C@@H](C)C[C@H]1OC(=O)O[C@H]1[C@H](O[C@H]2O[C@H](COC(=O)c3ccccc3)[C@@H](O)[C@H](OCc3ccccc3)[C@H]2N=[N+]=[N-])[C@H]2OC3(CCCCC3)O[C@@H]2[C@H]2OC3(CCCCC3)O[C@@H]12. The molecule has 16 heteroatoms. The first-order valence-electron chi connectivity index (χ1n) is 24.0. The van der Waals surface area contributed by atoms with E-state index in [2.05, 4.69) is 30.8 Å². The van der Waals surface area contributed by atoms with Gasteiger partial charge >= 0.3 is 12.1 Å². The van der Waals surface area contributed by atoms with Crippen LogP contribution < -0.4 is 0 Å². The quantitative estimate of drug-likeness (QED) is 0.0923. The largest absolute Gasteiger partial charge is 0.509 e. The molecule has 3 aliphatic heterocycles. The van der Waals surface area contributed by atoms with Crippen LogP contribution in [0, 0.1) is 17.8 Å². The average molecular weight is 904 g/mol. The van der Waals surface area contributed by atoms with E-state index in [0.717, 1.165) is 56.9 Å². The molecule has 9 rings (SSSR count). The summed E-state index contributed by atoms with van der Waals surface area (Å²) in [7, 11) is 0. The van der Waals surface area contributed by atoms with Gasteiger partial charge in [-0.25, -0.2) is 9.59 Å². The van der Waals surface area contributed by atoms with E-state index in [1.165, 1.54) is 0 Å². The highest BCUT2D eigenvalue weighted by Crippen LogP contribution is 2.53. The number of ether oxygens (including phenoxy) is 10. The van der Waals surface area contributed by atoms with Gasteiger partial charge in [0.1, 0.15) is 61.5 Å². The number of aliphatic hydroxyl groups excluding tert-OH is 1. The third-order valence-corrected chi connectivity index (χ3v) is 14.8. The zero-order valence-corrected chi connectivity index (χ0v) is 37.7. The molecular formula is C49H65N3O13. The Kier molecular flexibility index (Phi) is 14.4. The molecule has 0 bridgehead atoms. The van der Waals surface area contributed by atoms with Crippen LogP contribution >= 0.6 is 0 Å². The molecule has 7 aliphatic rings. The normalized spacial score (nSPS) is 37.2. The first-order valence-corrected chi connectivity index (χ1v) is 24.0. The number of carbonyl (C=O) groups is 2. The summed E-state index contributed by atoms with van der Waals surface area (Å²) in [6.45, 7) is 6.13. The molecule has 0 aromatic heterocycles. The molecule has 0 radical (unpaired) electrons. The second-order valence-electron chi connectivity index (χ2n) is 19.6. The van der Waals surface area contributed by atoms with Crippen molar-refractivity contribution >= 4 is 12.1 Å². The van der Waals surface area contributed by atoms with Gasteiger partial charge in [-0.15, -0.1) is 0 Å². The lowest BCUT2D eigenvalue weighted by atomic mass is 9.75. The maximum absolute atomic E-state index is 14.4. The Labute approximate surface area is 380 Å². The fourth-order valence-corrected chi connectivity index (χ4v) is 11.4. The number of nitrogens with zero attached hydrogens (tertiary/aromatic N) is 3. The molecule has 2 spiro atoms. The van der Waals surface area contributed by atoms with Crippen molar-refractivity contribution < 1.29 is 62.1 Å². The standard InChI is InChI=1S/C49H65N3O13/c1-29(2)33-21-20-30(3)26-34(33)59-47(55)61-40-39(41-43(64-48(62-41)22-12-6-13-23-48)44-42(40)63-49(65-44)24-14-7-15-25-49)60-46-36(51-52-50)38(56-27-31-16-8-4-9-17-31)37(53)35(58-46)28-57-45(54)32-18-10-5-11-19-32/h4-5,8-11,16-19,29-30,33-44,46,53H,6-7,12-15,20-28H2,1-3H3/t30-,33+,34-,35-,36-,37-,38-,39+,40+,41-,42+,43+,44+,46-/m1/s1. The van der Waals surface area contributed by atoms with Gasteiger partial charge < -0.3 is 52.5 Å². The molecule has 2 aromatic rings. The monoisotopic (exact) mass is 903 g/mol. The van der Waals surface area contributed by atoms with Crippen LogP contribution in [0.25, 0.3) is 10.4 Å². The Morgan fingerprint density at radius 2 is 1.40 bits per heavy atom. The lowest BCUT2D eigenvalue weighted by Crippen LogP contribution is -2.66. The van der Waals surface area contributed by atoms with E-state index in [-0.39, 0.29) is 24.5 Å². The number of rotatable bonds is 12. The third-order valence-electron chi connectivity index (χ3n) is 14.8. The van der Waals surface area contributed by atoms with Crippen LogP contribution in [0.5, 0.6) is 0 Å². The fourth-order valence-electron chi connectivity index (χ4n) is 11.4. The van der Waals surface area contributed by atoms with Gasteiger partial charge in [0.05, 0.1) is 18.3 Å². The Morgan fingerprint density at radius 3 is 2.02 bits per heavy atom. The Balaban J connectivity index is 1.07. The predicted molar refractivity (Wildman–Crippen MR) is 232 cm³/mol. The number of azide groups is 1. The van der Waals surface area contributed by atoms with E-state index in [4.69, 9.17) is 47.4 Å². The van der Waals surface area contributed by atoms with Gasteiger partial charge in [0.15, 0.2) is 24.0 Å². The lowest BCUT2D eigenvalue weighted by Gasteiger charge is -2.47. The van der Waals surface area contributed by atoms with Crippen molar-refractivity contribution in [3.63, 3.8) is 0 Å². The fraction of sp³-hybridized carbons (Fsp3) is 0.714. The summed E-state index contributed by atoms with van der Waals surface area (Å²) >= 11 is 0. The minimum atomic E-state index is -1.44. The molecule has 65 heavy (non-hydrogen) atoms. The van der Waals surface area contributed by atoms with E-state index in [9.17, 15) is 20.2 Å². The molecule has 14 atom stereocenters. The molecule has 0 amide bonds. The van der Waals surface area contributed by atoms with Gasteiger partial charge in [0.2, 0.25) is 0 Å². The van der Waals surface area contributed by atoms with Crippen molar-refractivity contribution in [1.82, 2.24) is 0 Å². The highest BCUT2D eigenvalue weighted by molar-refractivity contribution is 5.89. The molecule has 7 fully saturated rings. The second-order valence-corrected chi connectivity index (χ2v) is 19.6. The highest BCUT2D eigenvalue weighted by atomic mass is 16.8. The van der Waals surface area contributed by atoms with Crippen molar-refractivity contribution in [2.75, 3.05) is 6.61 Å². The predicted octanol–water partition coefficient (Wildman–Crippen LogP) is 8.46. The number of hydrogen-bond donors (Lipinski definition) is 1. The van der Waals surface area contributed by atoms with Gasteiger partial charge in [-0.2, -0.15) is 0 Å². The molecule has 16 nitrogen and oxygen atoms in total. The van der Waals surface area contributed by atoms with Crippen molar-refractivity contribution in [3.05, 3.63) is 82.2 Å². The molecule has 1 N–H and O–H groups in total. The van der Waals surface area contributed by atoms with E-state index in [0.29, 0.717) is 43.6 Å². The smallest absolute Gasteiger partial charge is 0.459 e. The van der Waals surface area contributed by atoms with Crippen LogP contribution in [-0.4, -0.2) is 109 Å². The molecule has 0 unspecified atom stereocenters. The Bertz CT molecular complexity index is 1960. The number of hydrogen-bond acceptors (Lipinski definition) is 14. The van der Waals surface area contributed by atoms with Crippen LogP contribution in [0.4, 0.5) is 4.79 Å². The maximum Gasteiger partial charge on any atom is 0.509 e. The number of esters is 1. The van der Waals surface area contributed by atoms with Crippen LogP contribution in [0.1, 0.15) is 120 Å². The molecular weight excluding hydrogens is 839 g/mol. The molecule has 3 saturated heterocycles. The maximum atomic E-state index is 14.4. The van der Waals surface area contributed by atoms with E-state index in [1.54, 1.807) is 30.3 Å². The molecule has 4 aliphatic carbocycles. The Morgan fingerprint density at radius 1 is 0.800 bits per heavy atom. The topological polar surface area (TPSA) is 195 Å². The second kappa shape index (κ2) is 20.2. The molecule has 3 heterocycles. The summed E-state index contributed by atoms with van der Waals surface area (Å²) in [5.74, 6) is -1.65. The van der Waals surface area contributed by atoms with Crippen LogP contribution in [0.15, 0.2) is 65.8 Å². The molecule has 2 aromatic carbocycles. The van der Waals surface area contributed by atoms with Gasteiger partial charge in [0, 0.05) is 30.6 Å². The van der Waals surface area contributed by atoms with Crippen molar-refractivity contribution in [2.45, 2.75) is 196 Å². The number of benzene rings is 2.